The van der Waals surface area contributed by atoms with Gasteiger partial charge >= 0.3 is 0 Å². The van der Waals surface area contributed by atoms with Gasteiger partial charge in [-0.15, -0.1) is 0 Å². The van der Waals surface area contributed by atoms with Crippen LogP contribution in [0, 0.1) is 0 Å². The highest BCUT2D eigenvalue weighted by molar-refractivity contribution is 5.43. The van der Waals surface area contributed by atoms with E-state index in [0.29, 0.717) is 6.67 Å². The number of benzene rings is 2. The molecular formula is C15H15N3O. The van der Waals surface area contributed by atoms with E-state index in [1.165, 1.54) is 0 Å². The molecule has 1 aliphatic heterocycles. The molecule has 96 valence electrons. The van der Waals surface area contributed by atoms with Crippen LogP contribution in [-0.2, 0) is 0 Å². The highest BCUT2D eigenvalue weighted by Crippen LogP contribution is 2.20. The van der Waals surface area contributed by atoms with Crippen molar-refractivity contribution in [1.29, 1.82) is 0 Å². The summed E-state index contributed by atoms with van der Waals surface area (Å²) in [4.78, 5) is 6.49. The van der Waals surface area contributed by atoms with Crippen LogP contribution in [0.25, 0.3) is 6.20 Å². The zero-order valence-corrected chi connectivity index (χ0v) is 10.7. The first kappa shape index (κ1) is 11.6. The smallest absolute Gasteiger partial charge is 0.128 e. The second-order valence-corrected chi connectivity index (χ2v) is 4.58. The lowest BCUT2D eigenvalue weighted by atomic mass is 10.2. The molecule has 0 saturated carbocycles. The number of ether oxygens (including phenoxy) is 1. The van der Waals surface area contributed by atoms with Crippen molar-refractivity contribution in [3.05, 3.63) is 53.0 Å². The Morgan fingerprint density at radius 2 is 1.84 bits per heavy atom. The van der Waals surface area contributed by atoms with Crippen LogP contribution in [0.4, 0.5) is 5.69 Å². The molecule has 0 bridgehead atoms. The normalized spacial score (nSPS) is 13.2. The first-order valence-corrected chi connectivity index (χ1v) is 6.11. The minimum Gasteiger partial charge on any atom is -0.457 e. The molecule has 0 unspecified atom stereocenters. The third-order valence-electron chi connectivity index (χ3n) is 2.94. The average Bonchev–Trinajstić information content (AvgIpc) is 2.41. The Bertz CT molecular complexity index is 707. The molecule has 3 rings (SSSR count). The molecule has 0 spiro atoms. The number of rotatable bonds is 2. The Hall–Kier alpha value is -2.49. The third kappa shape index (κ3) is 2.52. The van der Waals surface area contributed by atoms with Crippen LogP contribution in [0.3, 0.4) is 0 Å². The van der Waals surface area contributed by atoms with Crippen LogP contribution >= 0.6 is 0 Å². The maximum absolute atomic E-state index is 5.80. The molecule has 0 amide bonds. The quantitative estimate of drug-likeness (QED) is 0.821. The Balaban J connectivity index is 1.93. The summed E-state index contributed by atoms with van der Waals surface area (Å²) in [6.45, 7) is 0.700. The zero-order chi connectivity index (χ0) is 13.2. The molecule has 1 aliphatic rings. The van der Waals surface area contributed by atoms with Gasteiger partial charge in [-0.1, -0.05) is 0 Å². The highest BCUT2D eigenvalue weighted by atomic mass is 16.5. The van der Waals surface area contributed by atoms with Gasteiger partial charge in [0.05, 0.1) is 5.36 Å². The second kappa shape index (κ2) is 4.65. The van der Waals surface area contributed by atoms with Gasteiger partial charge in [-0.05, 0) is 42.5 Å². The number of hydrogen-bond donors (Lipinski definition) is 1. The standard InChI is InChI=1S/C15H15N3O/c1-18-9-11-8-14(6-7-15(11)17-10-18)19-13-4-2-12(16)3-5-13/h2-9H,10,16H2,1H3. The fourth-order valence-electron chi connectivity index (χ4n) is 1.98. The number of nitrogen functional groups attached to an aromatic ring is 1. The molecule has 2 aromatic carbocycles. The lowest BCUT2D eigenvalue weighted by Crippen LogP contribution is -2.34. The molecule has 4 nitrogen and oxygen atoms in total. The molecule has 0 fully saturated rings. The lowest BCUT2D eigenvalue weighted by Gasteiger charge is -2.14. The van der Waals surface area contributed by atoms with Crippen LogP contribution in [0.2, 0.25) is 0 Å². The summed E-state index contributed by atoms with van der Waals surface area (Å²) in [5.74, 6) is 1.57. The fraction of sp³-hybridized carbons (Fsp3) is 0.133. The molecule has 0 atom stereocenters. The molecule has 0 aromatic heterocycles. The molecule has 0 aliphatic carbocycles. The molecule has 19 heavy (non-hydrogen) atoms. The summed E-state index contributed by atoms with van der Waals surface area (Å²) in [5.41, 5.74) is 6.38. The van der Waals surface area contributed by atoms with Gasteiger partial charge in [0.2, 0.25) is 0 Å². The molecular weight excluding hydrogens is 238 g/mol. The molecule has 2 N–H and O–H groups in total. The topological polar surface area (TPSA) is 50.9 Å². The van der Waals surface area contributed by atoms with Crippen molar-refractivity contribution in [1.82, 2.24) is 4.90 Å². The van der Waals surface area contributed by atoms with E-state index in [1.54, 1.807) is 0 Å². The van der Waals surface area contributed by atoms with Crippen LogP contribution < -0.4 is 21.0 Å². The molecule has 0 saturated heterocycles. The average molecular weight is 253 g/mol. The van der Waals surface area contributed by atoms with Crippen molar-refractivity contribution in [2.75, 3.05) is 19.5 Å². The van der Waals surface area contributed by atoms with Gasteiger partial charge in [0.25, 0.3) is 0 Å². The summed E-state index contributed by atoms with van der Waals surface area (Å²) >= 11 is 0. The zero-order valence-electron chi connectivity index (χ0n) is 10.7. The predicted molar refractivity (Wildman–Crippen MR) is 75.2 cm³/mol. The number of nitrogens with two attached hydrogens (primary N) is 1. The predicted octanol–water partition coefficient (Wildman–Crippen LogP) is 1.32. The Labute approximate surface area is 111 Å². The van der Waals surface area contributed by atoms with E-state index in [9.17, 15) is 0 Å². The Kier molecular flexibility index (Phi) is 2.83. The monoisotopic (exact) mass is 253 g/mol. The minimum atomic E-state index is 0.700. The number of nitrogens with zero attached hydrogens (tertiary/aromatic N) is 2. The maximum Gasteiger partial charge on any atom is 0.128 e. The van der Waals surface area contributed by atoms with E-state index in [1.807, 2.05) is 54.4 Å². The van der Waals surface area contributed by atoms with E-state index < -0.39 is 0 Å². The van der Waals surface area contributed by atoms with Gasteiger partial charge in [0.1, 0.15) is 18.2 Å². The van der Waals surface area contributed by atoms with Crippen molar-refractivity contribution in [2.24, 2.45) is 4.99 Å². The van der Waals surface area contributed by atoms with Gasteiger partial charge in [-0.25, -0.2) is 0 Å². The fourth-order valence-corrected chi connectivity index (χ4v) is 1.98. The van der Waals surface area contributed by atoms with Gasteiger partial charge in [-0.3, -0.25) is 4.99 Å². The van der Waals surface area contributed by atoms with Crippen LogP contribution in [0.1, 0.15) is 0 Å². The van der Waals surface area contributed by atoms with E-state index >= 15 is 0 Å². The first-order chi connectivity index (χ1) is 9.20. The number of fused-ring (bicyclic) bond motifs is 1. The lowest BCUT2D eigenvalue weighted by molar-refractivity contribution is 0.478. The largest absolute Gasteiger partial charge is 0.457 e. The van der Waals surface area contributed by atoms with Crippen molar-refractivity contribution in [3.8, 4) is 11.5 Å². The molecule has 4 heteroatoms. The van der Waals surface area contributed by atoms with Crippen LogP contribution in [0.5, 0.6) is 11.5 Å². The summed E-state index contributed by atoms with van der Waals surface area (Å²) in [6, 6.07) is 13.3. The van der Waals surface area contributed by atoms with Crippen LogP contribution in [0.15, 0.2) is 47.5 Å². The second-order valence-electron chi connectivity index (χ2n) is 4.58. The maximum atomic E-state index is 5.80. The SMILES string of the molecule is CN1C=c2cc(Oc3ccc(N)cc3)ccc2=NC1. The van der Waals surface area contributed by atoms with Crippen molar-refractivity contribution in [2.45, 2.75) is 0 Å². The van der Waals surface area contributed by atoms with Gasteiger partial charge in [0, 0.05) is 24.2 Å². The minimum absolute atomic E-state index is 0.700. The van der Waals surface area contributed by atoms with Gasteiger partial charge in [0.15, 0.2) is 0 Å². The van der Waals surface area contributed by atoms with Crippen molar-refractivity contribution >= 4 is 11.9 Å². The Morgan fingerprint density at radius 1 is 1.11 bits per heavy atom. The summed E-state index contributed by atoms with van der Waals surface area (Å²) in [7, 11) is 2.00. The first-order valence-electron chi connectivity index (χ1n) is 6.11. The molecule has 0 radical (unpaired) electrons. The molecule has 1 heterocycles. The Morgan fingerprint density at radius 3 is 2.63 bits per heavy atom. The van der Waals surface area contributed by atoms with Crippen molar-refractivity contribution < 1.29 is 4.74 Å². The number of anilines is 1. The van der Waals surface area contributed by atoms with Gasteiger partial charge in [-0.2, -0.15) is 0 Å². The van der Waals surface area contributed by atoms with Crippen molar-refractivity contribution in [3.63, 3.8) is 0 Å². The highest BCUT2D eigenvalue weighted by Gasteiger charge is 2.02. The summed E-state index contributed by atoms with van der Waals surface area (Å²) in [6.07, 6.45) is 2.07. The van der Waals surface area contributed by atoms with E-state index in [2.05, 4.69) is 11.2 Å². The van der Waals surface area contributed by atoms with E-state index in [4.69, 9.17) is 10.5 Å². The number of hydrogen-bond acceptors (Lipinski definition) is 4. The third-order valence-corrected chi connectivity index (χ3v) is 2.94. The molecule has 2 aromatic rings. The van der Waals surface area contributed by atoms with Crippen LogP contribution in [-0.4, -0.2) is 18.6 Å². The van der Waals surface area contributed by atoms with Gasteiger partial charge < -0.3 is 15.4 Å². The van der Waals surface area contributed by atoms with E-state index in [-0.39, 0.29) is 0 Å². The summed E-state index contributed by atoms with van der Waals surface area (Å²) < 4.78 is 5.80. The van der Waals surface area contributed by atoms with E-state index in [0.717, 1.165) is 27.8 Å². The summed E-state index contributed by atoms with van der Waals surface area (Å²) in [5, 5.41) is 2.07.